The topological polar surface area (TPSA) is 71.3 Å². The number of hydrogen-bond donors (Lipinski definition) is 2. The van der Waals surface area contributed by atoms with Crippen molar-refractivity contribution in [2.24, 2.45) is 0 Å². The van der Waals surface area contributed by atoms with Crippen molar-refractivity contribution in [2.75, 3.05) is 16.3 Å². The van der Waals surface area contributed by atoms with Gasteiger partial charge in [-0.05, 0) is 30.3 Å². The van der Waals surface area contributed by atoms with E-state index in [0.717, 1.165) is 24.2 Å². The van der Waals surface area contributed by atoms with Gasteiger partial charge in [0, 0.05) is 12.1 Å². The quantitative estimate of drug-likeness (QED) is 0.860. The first-order valence-electron chi connectivity index (χ1n) is 6.46. The van der Waals surface area contributed by atoms with Gasteiger partial charge in [-0.25, -0.2) is 12.8 Å². The largest absolute Gasteiger partial charge is 0.464 e. The fourth-order valence-electron chi connectivity index (χ4n) is 1.81. The van der Waals surface area contributed by atoms with E-state index in [1.807, 2.05) is 19.1 Å². The second kappa shape index (κ2) is 6.17. The van der Waals surface area contributed by atoms with Gasteiger partial charge in [0.1, 0.15) is 17.3 Å². The zero-order chi connectivity index (χ0) is 15.5. The van der Waals surface area contributed by atoms with Gasteiger partial charge in [0.15, 0.2) is 0 Å². The third-order valence-electron chi connectivity index (χ3n) is 2.79. The summed E-state index contributed by atoms with van der Waals surface area (Å²) in [4.78, 5) is 0. The normalized spacial score (nSPS) is 11.4. The van der Waals surface area contributed by atoms with E-state index in [9.17, 15) is 12.8 Å². The molecule has 0 saturated heterocycles. The molecule has 1 aromatic heterocycles. The molecule has 0 spiro atoms. The van der Waals surface area contributed by atoms with Crippen LogP contribution in [-0.2, 0) is 23.0 Å². The highest BCUT2D eigenvalue weighted by Crippen LogP contribution is 2.21. The van der Waals surface area contributed by atoms with Gasteiger partial charge >= 0.3 is 0 Å². The minimum Gasteiger partial charge on any atom is -0.464 e. The number of sulfonamides is 1. The molecule has 0 radical (unpaired) electrons. The summed E-state index contributed by atoms with van der Waals surface area (Å²) in [6, 6.07) is 7.91. The lowest BCUT2D eigenvalue weighted by Crippen LogP contribution is -2.11. The minimum atomic E-state index is -3.52. The van der Waals surface area contributed by atoms with Crippen LogP contribution in [0.1, 0.15) is 18.4 Å². The van der Waals surface area contributed by atoms with E-state index >= 15 is 0 Å². The van der Waals surface area contributed by atoms with Crippen molar-refractivity contribution >= 4 is 21.4 Å². The molecule has 2 rings (SSSR count). The highest BCUT2D eigenvalue weighted by Gasteiger charge is 2.09. The average molecular weight is 312 g/mol. The van der Waals surface area contributed by atoms with Crippen molar-refractivity contribution in [2.45, 2.75) is 19.9 Å². The van der Waals surface area contributed by atoms with Crippen LogP contribution in [0.25, 0.3) is 0 Å². The Bertz CT molecular complexity index is 726. The summed E-state index contributed by atoms with van der Waals surface area (Å²) in [6.07, 6.45) is 1.79. The van der Waals surface area contributed by atoms with E-state index < -0.39 is 15.8 Å². The maximum Gasteiger partial charge on any atom is 0.229 e. The number of halogens is 1. The van der Waals surface area contributed by atoms with Crippen LogP contribution in [0.15, 0.2) is 34.7 Å². The summed E-state index contributed by atoms with van der Waals surface area (Å²) in [7, 11) is -3.52. The van der Waals surface area contributed by atoms with Gasteiger partial charge in [-0.1, -0.05) is 6.92 Å². The van der Waals surface area contributed by atoms with E-state index in [4.69, 9.17) is 4.42 Å². The average Bonchev–Trinajstić information content (AvgIpc) is 2.86. The molecule has 0 bridgehead atoms. The Hall–Kier alpha value is -2.02. The van der Waals surface area contributed by atoms with Crippen LogP contribution in [0.2, 0.25) is 0 Å². The Morgan fingerprint density at radius 3 is 2.52 bits per heavy atom. The smallest absolute Gasteiger partial charge is 0.229 e. The van der Waals surface area contributed by atoms with Gasteiger partial charge < -0.3 is 9.73 Å². The summed E-state index contributed by atoms with van der Waals surface area (Å²) in [5.41, 5.74) is 0.508. The molecule has 0 aliphatic heterocycles. The van der Waals surface area contributed by atoms with Crippen molar-refractivity contribution in [1.29, 1.82) is 0 Å². The second-order valence-corrected chi connectivity index (χ2v) is 6.39. The van der Waals surface area contributed by atoms with E-state index in [1.165, 1.54) is 18.2 Å². The number of aryl methyl sites for hydroxylation is 1. The van der Waals surface area contributed by atoms with E-state index in [0.29, 0.717) is 12.2 Å². The Morgan fingerprint density at radius 2 is 1.90 bits per heavy atom. The fraction of sp³-hybridized carbons (Fsp3) is 0.286. The lowest BCUT2D eigenvalue weighted by atomic mass is 10.2. The number of anilines is 2. The van der Waals surface area contributed by atoms with Crippen LogP contribution in [0.4, 0.5) is 15.8 Å². The van der Waals surface area contributed by atoms with Gasteiger partial charge in [-0.3, -0.25) is 4.72 Å². The molecule has 2 N–H and O–H groups in total. The van der Waals surface area contributed by atoms with Gasteiger partial charge in [-0.15, -0.1) is 0 Å². The molecular weight excluding hydrogens is 295 g/mol. The third-order valence-corrected chi connectivity index (χ3v) is 3.38. The number of hydrogen-bond acceptors (Lipinski definition) is 4. The first-order chi connectivity index (χ1) is 9.87. The zero-order valence-electron chi connectivity index (χ0n) is 11.8. The summed E-state index contributed by atoms with van der Waals surface area (Å²) < 4.78 is 43.5. The fourth-order valence-corrected chi connectivity index (χ4v) is 2.37. The van der Waals surface area contributed by atoms with Crippen molar-refractivity contribution in [1.82, 2.24) is 0 Å². The third kappa shape index (κ3) is 4.49. The SMILES string of the molecule is CCc1ccc(CNc2ccc(F)c(NS(C)(=O)=O)c2)o1. The molecule has 0 aliphatic rings. The molecule has 1 aromatic carbocycles. The minimum absolute atomic E-state index is 0.0869. The molecule has 0 unspecified atom stereocenters. The summed E-state index contributed by atoms with van der Waals surface area (Å²) in [6.45, 7) is 2.43. The first kappa shape index (κ1) is 15.4. The Morgan fingerprint density at radius 1 is 1.19 bits per heavy atom. The number of nitrogens with one attached hydrogen (secondary N) is 2. The summed E-state index contributed by atoms with van der Waals surface area (Å²) in [5.74, 6) is 1.02. The Labute approximate surface area is 123 Å². The van der Waals surface area contributed by atoms with Crippen LogP contribution in [-0.4, -0.2) is 14.7 Å². The molecule has 0 fully saturated rings. The maximum absolute atomic E-state index is 13.5. The van der Waals surface area contributed by atoms with Crippen LogP contribution in [0.5, 0.6) is 0 Å². The monoisotopic (exact) mass is 312 g/mol. The number of furan rings is 1. The van der Waals surface area contributed by atoms with E-state index in [1.54, 1.807) is 0 Å². The molecule has 2 aromatic rings. The van der Waals surface area contributed by atoms with Gasteiger partial charge in [0.05, 0.1) is 18.5 Å². The van der Waals surface area contributed by atoms with Crippen LogP contribution < -0.4 is 10.0 Å². The molecule has 1 heterocycles. The van der Waals surface area contributed by atoms with E-state index in [-0.39, 0.29) is 5.69 Å². The lowest BCUT2D eigenvalue weighted by Gasteiger charge is -2.09. The Kier molecular flexibility index (Phi) is 4.52. The number of rotatable bonds is 6. The standard InChI is InChI=1S/C14H17FN2O3S/c1-3-11-5-6-12(20-11)9-16-10-4-7-13(15)14(8-10)17-21(2,18)19/h4-8,16-17H,3,9H2,1-2H3. The predicted octanol–water partition coefficient (Wildman–Crippen LogP) is 2.96. The van der Waals surface area contributed by atoms with Crippen LogP contribution >= 0.6 is 0 Å². The van der Waals surface area contributed by atoms with Gasteiger partial charge in [0.2, 0.25) is 10.0 Å². The molecule has 21 heavy (non-hydrogen) atoms. The van der Waals surface area contributed by atoms with Crippen molar-refractivity contribution in [3.63, 3.8) is 0 Å². The van der Waals surface area contributed by atoms with Crippen molar-refractivity contribution in [3.05, 3.63) is 47.7 Å². The van der Waals surface area contributed by atoms with E-state index in [2.05, 4.69) is 10.0 Å². The molecule has 114 valence electrons. The van der Waals surface area contributed by atoms with Crippen molar-refractivity contribution in [3.8, 4) is 0 Å². The highest BCUT2D eigenvalue weighted by molar-refractivity contribution is 7.92. The lowest BCUT2D eigenvalue weighted by molar-refractivity contribution is 0.476. The van der Waals surface area contributed by atoms with Crippen molar-refractivity contribution < 1.29 is 17.2 Å². The molecule has 5 nitrogen and oxygen atoms in total. The van der Waals surface area contributed by atoms with Crippen LogP contribution in [0, 0.1) is 5.82 Å². The molecule has 0 saturated carbocycles. The molecular formula is C14H17FN2O3S. The second-order valence-electron chi connectivity index (χ2n) is 4.64. The zero-order valence-corrected chi connectivity index (χ0v) is 12.6. The van der Waals surface area contributed by atoms with Gasteiger partial charge in [0.25, 0.3) is 0 Å². The molecule has 0 atom stereocenters. The van der Waals surface area contributed by atoms with Crippen LogP contribution in [0.3, 0.4) is 0 Å². The molecule has 0 amide bonds. The first-order valence-corrected chi connectivity index (χ1v) is 8.35. The summed E-state index contributed by atoms with van der Waals surface area (Å²) >= 11 is 0. The summed E-state index contributed by atoms with van der Waals surface area (Å²) in [5, 5.41) is 3.06. The molecule has 7 heteroatoms. The molecule has 0 aliphatic carbocycles. The predicted molar refractivity (Wildman–Crippen MR) is 80.3 cm³/mol. The Balaban J connectivity index is 2.08. The number of benzene rings is 1. The van der Waals surface area contributed by atoms with Gasteiger partial charge in [-0.2, -0.15) is 0 Å². The highest BCUT2D eigenvalue weighted by atomic mass is 32.2. The maximum atomic E-state index is 13.5.